The van der Waals surface area contributed by atoms with Crippen molar-refractivity contribution in [1.82, 2.24) is 10.2 Å². The Morgan fingerprint density at radius 2 is 1.49 bits per heavy atom. The van der Waals surface area contributed by atoms with E-state index in [4.69, 9.17) is 9.47 Å². The molecule has 3 aromatic carbocycles. The largest absolute Gasteiger partial charge is 0.480 e. The number of carbonyl (C=O) groups is 3. The second-order valence-corrected chi connectivity index (χ2v) is 8.96. The van der Waals surface area contributed by atoms with E-state index in [1.807, 2.05) is 66.7 Å². The Labute approximate surface area is 215 Å². The van der Waals surface area contributed by atoms with Crippen molar-refractivity contribution in [2.24, 2.45) is 0 Å². The lowest BCUT2D eigenvalue weighted by molar-refractivity contribution is -0.147. The topological polar surface area (TPSA) is 105 Å². The quantitative estimate of drug-likeness (QED) is 0.434. The van der Waals surface area contributed by atoms with E-state index < -0.39 is 36.7 Å². The minimum atomic E-state index is -1.16. The highest BCUT2D eigenvalue weighted by Crippen LogP contribution is 2.44. The van der Waals surface area contributed by atoms with Gasteiger partial charge in [0.1, 0.15) is 19.2 Å². The molecule has 2 atom stereocenters. The standard InChI is InChI=1S/C29H30N2O6/c1-19(36-2)27(28(34)31(17-26(32)33)16-20-10-4-3-5-11-20)30-29(35)37-18-25-23-14-8-6-12-21(23)22-13-7-9-15-24(22)25/h3-15,19,25,27H,16-18H2,1-2H3,(H,30,35)(H,32,33)/t19-,27+/m1/s1. The summed E-state index contributed by atoms with van der Waals surface area (Å²) < 4.78 is 10.9. The number of aliphatic carboxylic acids is 1. The Kier molecular flexibility index (Phi) is 8.20. The zero-order valence-electron chi connectivity index (χ0n) is 20.8. The molecule has 0 radical (unpaired) electrons. The van der Waals surface area contributed by atoms with Crippen molar-refractivity contribution in [1.29, 1.82) is 0 Å². The monoisotopic (exact) mass is 502 g/mol. The van der Waals surface area contributed by atoms with Crippen LogP contribution in [0.5, 0.6) is 0 Å². The van der Waals surface area contributed by atoms with Crippen LogP contribution in [-0.2, 0) is 25.6 Å². The van der Waals surface area contributed by atoms with Gasteiger partial charge in [0.05, 0.1) is 6.10 Å². The summed E-state index contributed by atoms with van der Waals surface area (Å²) in [7, 11) is 1.42. The van der Waals surface area contributed by atoms with Crippen LogP contribution in [0.3, 0.4) is 0 Å². The van der Waals surface area contributed by atoms with Crippen LogP contribution in [0.15, 0.2) is 78.9 Å². The van der Waals surface area contributed by atoms with E-state index in [-0.39, 0.29) is 19.1 Å². The Balaban J connectivity index is 1.47. The summed E-state index contributed by atoms with van der Waals surface area (Å²) in [4.78, 5) is 39.0. The number of hydrogen-bond acceptors (Lipinski definition) is 5. The Hall–Kier alpha value is -4.17. The molecule has 2 amide bonds. The predicted molar refractivity (Wildman–Crippen MR) is 138 cm³/mol. The van der Waals surface area contributed by atoms with Gasteiger partial charge in [-0.1, -0.05) is 78.9 Å². The van der Waals surface area contributed by atoms with Crippen LogP contribution in [0, 0.1) is 0 Å². The minimum absolute atomic E-state index is 0.0747. The molecule has 0 spiro atoms. The maximum absolute atomic E-state index is 13.4. The molecule has 8 heteroatoms. The summed E-state index contributed by atoms with van der Waals surface area (Å²) in [6.07, 6.45) is -1.50. The van der Waals surface area contributed by atoms with E-state index in [1.54, 1.807) is 19.1 Å². The maximum atomic E-state index is 13.4. The van der Waals surface area contributed by atoms with E-state index in [0.29, 0.717) is 0 Å². The average molecular weight is 503 g/mol. The number of carbonyl (C=O) groups excluding carboxylic acids is 2. The molecule has 37 heavy (non-hydrogen) atoms. The molecular weight excluding hydrogens is 472 g/mol. The number of alkyl carbamates (subject to hydrolysis) is 1. The first-order valence-electron chi connectivity index (χ1n) is 12.1. The minimum Gasteiger partial charge on any atom is -0.480 e. The van der Waals surface area contributed by atoms with Crippen LogP contribution >= 0.6 is 0 Å². The first kappa shape index (κ1) is 25.9. The maximum Gasteiger partial charge on any atom is 0.407 e. The Morgan fingerprint density at radius 3 is 2.05 bits per heavy atom. The fourth-order valence-electron chi connectivity index (χ4n) is 4.66. The van der Waals surface area contributed by atoms with Crippen molar-refractivity contribution in [2.75, 3.05) is 20.3 Å². The van der Waals surface area contributed by atoms with Crippen LogP contribution < -0.4 is 5.32 Å². The van der Waals surface area contributed by atoms with E-state index >= 15 is 0 Å². The second-order valence-electron chi connectivity index (χ2n) is 8.96. The molecule has 0 aliphatic heterocycles. The van der Waals surface area contributed by atoms with Crippen molar-refractivity contribution in [3.8, 4) is 11.1 Å². The van der Waals surface area contributed by atoms with Gasteiger partial charge in [0, 0.05) is 19.6 Å². The highest BCUT2D eigenvalue weighted by molar-refractivity contribution is 5.88. The average Bonchev–Trinajstić information content (AvgIpc) is 3.23. The summed E-state index contributed by atoms with van der Waals surface area (Å²) in [6, 6.07) is 23.9. The van der Waals surface area contributed by atoms with Crippen molar-refractivity contribution >= 4 is 18.0 Å². The molecule has 0 aromatic heterocycles. The molecule has 8 nitrogen and oxygen atoms in total. The first-order valence-corrected chi connectivity index (χ1v) is 12.1. The number of ether oxygens (including phenoxy) is 2. The third-order valence-corrected chi connectivity index (χ3v) is 6.58. The number of amides is 2. The lowest BCUT2D eigenvalue weighted by Gasteiger charge is -2.29. The number of benzene rings is 3. The SMILES string of the molecule is CO[C@H](C)[C@H](NC(=O)OCC1c2ccccc2-c2ccccc21)C(=O)N(CC(=O)O)Cc1ccccc1. The fraction of sp³-hybridized carbons (Fsp3) is 0.276. The van der Waals surface area contributed by atoms with Crippen LogP contribution in [0.25, 0.3) is 11.1 Å². The number of carboxylic acids is 1. The van der Waals surface area contributed by atoms with Crippen molar-refractivity contribution in [3.63, 3.8) is 0 Å². The molecule has 1 aliphatic rings. The molecule has 1 aliphatic carbocycles. The highest BCUT2D eigenvalue weighted by Gasteiger charge is 2.34. The van der Waals surface area contributed by atoms with Gasteiger partial charge in [-0.3, -0.25) is 9.59 Å². The van der Waals surface area contributed by atoms with Crippen LogP contribution in [0.4, 0.5) is 4.79 Å². The number of carboxylic acid groups (broad SMARTS) is 1. The summed E-state index contributed by atoms with van der Waals surface area (Å²) in [5.74, 6) is -1.86. The van der Waals surface area contributed by atoms with Gasteiger partial charge in [-0.2, -0.15) is 0 Å². The normalized spacial score (nSPS) is 13.7. The summed E-state index contributed by atoms with van der Waals surface area (Å²) in [6.45, 7) is 1.27. The van der Waals surface area contributed by atoms with E-state index in [9.17, 15) is 19.5 Å². The summed E-state index contributed by atoms with van der Waals surface area (Å²) in [5.41, 5.74) is 5.13. The summed E-state index contributed by atoms with van der Waals surface area (Å²) >= 11 is 0. The molecular formula is C29H30N2O6. The molecule has 4 rings (SSSR count). The first-order chi connectivity index (χ1) is 17.9. The van der Waals surface area contributed by atoms with Crippen LogP contribution in [0.2, 0.25) is 0 Å². The summed E-state index contributed by atoms with van der Waals surface area (Å²) in [5, 5.41) is 12.0. The molecule has 0 saturated carbocycles. The van der Waals surface area contributed by atoms with Gasteiger partial charge in [0.15, 0.2) is 0 Å². The smallest absolute Gasteiger partial charge is 0.407 e. The lowest BCUT2D eigenvalue weighted by atomic mass is 9.98. The number of nitrogens with zero attached hydrogens (tertiary/aromatic N) is 1. The van der Waals surface area contributed by atoms with Gasteiger partial charge in [0.25, 0.3) is 0 Å². The van der Waals surface area contributed by atoms with Crippen molar-refractivity contribution in [2.45, 2.75) is 31.5 Å². The van der Waals surface area contributed by atoms with Gasteiger partial charge in [-0.05, 0) is 34.7 Å². The highest BCUT2D eigenvalue weighted by atomic mass is 16.5. The molecule has 0 bridgehead atoms. The number of fused-ring (bicyclic) bond motifs is 3. The Bertz CT molecular complexity index is 1220. The number of methoxy groups -OCH3 is 1. The number of nitrogens with one attached hydrogen (secondary N) is 1. The zero-order valence-corrected chi connectivity index (χ0v) is 20.8. The van der Waals surface area contributed by atoms with E-state index in [1.165, 1.54) is 12.0 Å². The van der Waals surface area contributed by atoms with Crippen molar-refractivity contribution < 1.29 is 29.0 Å². The zero-order chi connectivity index (χ0) is 26.4. The van der Waals surface area contributed by atoms with Gasteiger partial charge in [-0.15, -0.1) is 0 Å². The number of hydrogen-bond donors (Lipinski definition) is 2. The lowest BCUT2D eigenvalue weighted by Crippen LogP contribution is -2.55. The third kappa shape index (κ3) is 5.98. The van der Waals surface area contributed by atoms with Crippen LogP contribution in [0.1, 0.15) is 29.5 Å². The molecule has 0 saturated heterocycles. The van der Waals surface area contributed by atoms with Crippen LogP contribution in [-0.4, -0.2) is 60.4 Å². The molecule has 0 heterocycles. The molecule has 0 unspecified atom stereocenters. The van der Waals surface area contributed by atoms with Crippen molar-refractivity contribution in [3.05, 3.63) is 95.6 Å². The van der Waals surface area contributed by atoms with Gasteiger partial charge >= 0.3 is 12.1 Å². The fourth-order valence-corrected chi connectivity index (χ4v) is 4.66. The molecule has 3 aromatic rings. The predicted octanol–water partition coefficient (Wildman–Crippen LogP) is 4.04. The Morgan fingerprint density at radius 1 is 0.919 bits per heavy atom. The number of rotatable bonds is 10. The van der Waals surface area contributed by atoms with E-state index in [0.717, 1.165) is 27.8 Å². The molecule has 192 valence electrons. The van der Waals surface area contributed by atoms with Gasteiger partial charge in [0.2, 0.25) is 5.91 Å². The third-order valence-electron chi connectivity index (χ3n) is 6.58. The molecule has 0 fully saturated rings. The second kappa shape index (κ2) is 11.7. The van der Waals surface area contributed by atoms with E-state index in [2.05, 4.69) is 5.32 Å². The molecule has 2 N–H and O–H groups in total. The van der Waals surface area contributed by atoms with Gasteiger partial charge < -0.3 is 24.8 Å². The van der Waals surface area contributed by atoms with Gasteiger partial charge in [-0.25, -0.2) is 4.79 Å².